The molecule has 2 nitrogen and oxygen atoms in total. The first-order valence-corrected chi connectivity index (χ1v) is 5.12. The highest BCUT2D eigenvalue weighted by atomic mass is 16.5. The Morgan fingerprint density at radius 2 is 2.15 bits per heavy atom. The molecule has 2 rings (SSSR count). The molecular formula is C11H17NO. The van der Waals surface area contributed by atoms with Crippen LogP contribution >= 0.6 is 0 Å². The van der Waals surface area contributed by atoms with Crippen LogP contribution in [0.3, 0.4) is 0 Å². The summed E-state index contributed by atoms with van der Waals surface area (Å²) < 4.78 is 5.37. The van der Waals surface area contributed by atoms with Crippen molar-refractivity contribution in [2.24, 2.45) is 16.8 Å². The van der Waals surface area contributed by atoms with Crippen LogP contribution in [-0.2, 0) is 4.74 Å². The van der Waals surface area contributed by atoms with E-state index in [4.69, 9.17) is 4.74 Å². The van der Waals surface area contributed by atoms with Gasteiger partial charge in [-0.05, 0) is 31.8 Å². The van der Waals surface area contributed by atoms with Crippen molar-refractivity contribution in [3.63, 3.8) is 0 Å². The van der Waals surface area contributed by atoms with Gasteiger partial charge in [0.15, 0.2) is 0 Å². The molecule has 2 heteroatoms. The largest absolute Gasteiger partial charge is 0.381 e. The standard InChI is InChI=1S/C11H17NO/c1-9-2-5-12-8-11(9)10-3-6-13-7-4-10/h2,5,10-11H,3-4,6-8H2,1H3. The molecule has 1 saturated heterocycles. The first-order valence-electron chi connectivity index (χ1n) is 5.12. The van der Waals surface area contributed by atoms with E-state index in [1.165, 1.54) is 18.4 Å². The van der Waals surface area contributed by atoms with E-state index in [1.54, 1.807) is 0 Å². The molecule has 0 saturated carbocycles. The van der Waals surface area contributed by atoms with Crippen molar-refractivity contribution < 1.29 is 4.74 Å². The molecule has 2 aliphatic heterocycles. The molecule has 0 amide bonds. The molecule has 0 bridgehead atoms. The molecule has 13 heavy (non-hydrogen) atoms. The van der Waals surface area contributed by atoms with Crippen molar-refractivity contribution in [1.29, 1.82) is 0 Å². The van der Waals surface area contributed by atoms with Crippen LogP contribution in [0.25, 0.3) is 0 Å². The Labute approximate surface area is 79.7 Å². The van der Waals surface area contributed by atoms with Crippen LogP contribution in [0.15, 0.2) is 16.6 Å². The maximum absolute atomic E-state index is 5.37. The van der Waals surface area contributed by atoms with Crippen LogP contribution in [0.5, 0.6) is 0 Å². The molecular weight excluding hydrogens is 162 g/mol. The second kappa shape index (κ2) is 4.05. The van der Waals surface area contributed by atoms with Crippen LogP contribution in [-0.4, -0.2) is 26.0 Å². The van der Waals surface area contributed by atoms with E-state index in [0.29, 0.717) is 5.92 Å². The quantitative estimate of drug-likeness (QED) is 0.603. The fourth-order valence-electron chi connectivity index (χ4n) is 2.25. The Morgan fingerprint density at radius 3 is 2.85 bits per heavy atom. The minimum atomic E-state index is 0.689. The van der Waals surface area contributed by atoms with E-state index in [-0.39, 0.29) is 0 Å². The van der Waals surface area contributed by atoms with Crippen molar-refractivity contribution in [1.82, 2.24) is 0 Å². The Bertz CT molecular complexity index is 226. The highest BCUT2D eigenvalue weighted by molar-refractivity contribution is 5.73. The average Bonchev–Trinajstić information content (AvgIpc) is 2.20. The van der Waals surface area contributed by atoms with Crippen molar-refractivity contribution >= 4 is 6.21 Å². The van der Waals surface area contributed by atoms with Crippen LogP contribution in [0, 0.1) is 11.8 Å². The van der Waals surface area contributed by atoms with Gasteiger partial charge in [0.2, 0.25) is 0 Å². The van der Waals surface area contributed by atoms with Gasteiger partial charge in [0.05, 0.1) is 0 Å². The summed E-state index contributed by atoms with van der Waals surface area (Å²) in [6, 6.07) is 0. The van der Waals surface area contributed by atoms with Crippen LogP contribution in [0.2, 0.25) is 0 Å². The third-order valence-electron chi connectivity index (χ3n) is 3.16. The second-order valence-electron chi connectivity index (χ2n) is 3.98. The smallest absolute Gasteiger partial charge is 0.0468 e. The van der Waals surface area contributed by atoms with E-state index < -0.39 is 0 Å². The number of hydrogen-bond acceptors (Lipinski definition) is 2. The van der Waals surface area contributed by atoms with Crippen LogP contribution in [0.4, 0.5) is 0 Å². The van der Waals surface area contributed by atoms with Gasteiger partial charge < -0.3 is 4.74 Å². The molecule has 0 aromatic carbocycles. The molecule has 1 atom stereocenters. The molecule has 2 heterocycles. The van der Waals surface area contributed by atoms with E-state index in [9.17, 15) is 0 Å². The zero-order valence-corrected chi connectivity index (χ0v) is 8.20. The van der Waals surface area contributed by atoms with Gasteiger partial charge in [-0.2, -0.15) is 0 Å². The van der Waals surface area contributed by atoms with Crippen LogP contribution < -0.4 is 0 Å². The predicted octanol–water partition coefficient (Wildman–Crippen LogP) is 2.06. The third-order valence-corrected chi connectivity index (χ3v) is 3.16. The maximum atomic E-state index is 5.37. The first kappa shape index (κ1) is 8.95. The Kier molecular flexibility index (Phi) is 2.79. The lowest BCUT2D eigenvalue weighted by atomic mass is 9.81. The highest BCUT2D eigenvalue weighted by Crippen LogP contribution is 2.30. The van der Waals surface area contributed by atoms with Gasteiger partial charge in [0.25, 0.3) is 0 Å². The van der Waals surface area contributed by atoms with Gasteiger partial charge in [-0.15, -0.1) is 0 Å². The number of nitrogens with zero attached hydrogens (tertiary/aromatic N) is 1. The Balaban J connectivity index is 1.99. The summed E-state index contributed by atoms with van der Waals surface area (Å²) in [6.45, 7) is 5.11. The van der Waals surface area contributed by atoms with Crippen molar-refractivity contribution in [3.05, 3.63) is 11.6 Å². The fourth-order valence-corrected chi connectivity index (χ4v) is 2.25. The summed E-state index contributed by atoms with van der Waals surface area (Å²) in [6.07, 6.45) is 6.52. The Morgan fingerprint density at radius 1 is 1.38 bits per heavy atom. The van der Waals surface area contributed by atoms with Crippen molar-refractivity contribution in [2.45, 2.75) is 19.8 Å². The van der Waals surface area contributed by atoms with E-state index >= 15 is 0 Å². The Hall–Kier alpha value is -0.630. The SMILES string of the molecule is CC1=CC=NCC1C1CCOCC1. The minimum absolute atomic E-state index is 0.689. The molecule has 1 fully saturated rings. The normalized spacial score (nSPS) is 30.2. The highest BCUT2D eigenvalue weighted by Gasteiger charge is 2.25. The zero-order valence-electron chi connectivity index (χ0n) is 8.20. The summed E-state index contributed by atoms with van der Waals surface area (Å²) in [5, 5.41) is 0. The summed E-state index contributed by atoms with van der Waals surface area (Å²) in [5.74, 6) is 1.50. The molecule has 72 valence electrons. The molecule has 1 unspecified atom stereocenters. The summed E-state index contributed by atoms with van der Waals surface area (Å²) in [7, 11) is 0. The van der Waals surface area contributed by atoms with E-state index in [1.807, 2.05) is 6.21 Å². The lowest BCUT2D eigenvalue weighted by Crippen LogP contribution is -2.27. The maximum Gasteiger partial charge on any atom is 0.0468 e. The van der Waals surface area contributed by atoms with E-state index in [2.05, 4.69) is 18.0 Å². The molecule has 2 aliphatic rings. The van der Waals surface area contributed by atoms with Gasteiger partial charge in [-0.1, -0.05) is 5.57 Å². The average molecular weight is 179 g/mol. The number of aliphatic imine (C=N–C) groups is 1. The van der Waals surface area contributed by atoms with Crippen molar-refractivity contribution in [3.8, 4) is 0 Å². The molecule has 0 aliphatic carbocycles. The number of rotatable bonds is 1. The summed E-state index contributed by atoms with van der Waals surface area (Å²) >= 11 is 0. The lowest BCUT2D eigenvalue weighted by molar-refractivity contribution is 0.0532. The van der Waals surface area contributed by atoms with Gasteiger partial charge >= 0.3 is 0 Å². The number of allylic oxidation sites excluding steroid dienone is 1. The number of dihydropyridines is 1. The first-order chi connectivity index (χ1) is 6.38. The second-order valence-corrected chi connectivity index (χ2v) is 3.98. The molecule has 0 spiro atoms. The molecule has 0 N–H and O–H groups in total. The number of ether oxygens (including phenoxy) is 1. The molecule has 0 radical (unpaired) electrons. The summed E-state index contributed by atoms with van der Waals surface area (Å²) in [5.41, 5.74) is 1.50. The minimum Gasteiger partial charge on any atom is -0.381 e. The lowest BCUT2D eigenvalue weighted by Gasteiger charge is -2.31. The van der Waals surface area contributed by atoms with Crippen molar-refractivity contribution in [2.75, 3.05) is 19.8 Å². The van der Waals surface area contributed by atoms with Gasteiger partial charge in [0, 0.05) is 31.9 Å². The monoisotopic (exact) mass is 179 g/mol. The van der Waals surface area contributed by atoms with Crippen LogP contribution in [0.1, 0.15) is 19.8 Å². The summed E-state index contributed by atoms with van der Waals surface area (Å²) in [4.78, 5) is 4.34. The third kappa shape index (κ3) is 1.99. The van der Waals surface area contributed by atoms with E-state index in [0.717, 1.165) is 25.7 Å². The fraction of sp³-hybridized carbons (Fsp3) is 0.727. The molecule has 0 aromatic heterocycles. The zero-order chi connectivity index (χ0) is 9.10. The predicted molar refractivity (Wildman–Crippen MR) is 54.1 cm³/mol. The van der Waals surface area contributed by atoms with Gasteiger partial charge in [-0.25, -0.2) is 0 Å². The van der Waals surface area contributed by atoms with Gasteiger partial charge in [-0.3, -0.25) is 4.99 Å². The van der Waals surface area contributed by atoms with Gasteiger partial charge in [0.1, 0.15) is 0 Å². The topological polar surface area (TPSA) is 21.6 Å². The number of hydrogen-bond donors (Lipinski definition) is 0. The molecule has 0 aromatic rings.